The first-order valence-corrected chi connectivity index (χ1v) is 8.81. The van der Waals surface area contributed by atoms with Gasteiger partial charge in [-0.1, -0.05) is 24.3 Å². The summed E-state index contributed by atoms with van der Waals surface area (Å²) < 4.78 is 5.57. The van der Waals surface area contributed by atoms with Crippen molar-refractivity contribution in [2.45, 2.75) is 38.0 Å². The summed E-state index contributed by atoms with van der Waals surface area (Å²) in [5.41, 5.74) is 2.67. The summed E-state index contributed by atoms with van der Waals surface area (Å²) in [5, 5.41) is 6.42. The number of aryl methyl sites for hydroxylation is 1. The van der Waals surface area contributed by atoms with E-state index >= 15 is 0 Å². The van der Waals surface area contributed by atoms with Crippen molar-refractivity contribution in [3.8, 4) is 0 Å². The first-order valence-electron chi connectivity index (χ1n) is 8.81. The van der Waals surface area contributed by atoms with Gasteiger partial charge in [-0.05, 0) is 56.2 Å². The van der Waals surface area contributed by atoms with Gasteiger partial charge in [0.2, 0.25) is 5.91 Å². The second-order valence-corrected chi connectivity index (χ2v) is 7.06. The van der Waals surface area contributed by atoms with Crippen LogP contribution >= 0.6 is 12.4 Å². The molecule has 1 aliphatic heterocycles. The fourth-order valence-corrected chi connectivity index (χ4v) is 3.51. The van der Waals surface area contributed by atoms with Crippen LogP contribution < -0.4 is 10.6 Å². The molecule has 24 heavy (non-hydrogen) atoms. The quantitative estimate of drug-likeness (QED) is 0.793. The summed E-state index contributed by atoms with van der Waals surface area (Å²) in [6.45, 7) is 5.80. The molecule has 1 aromatic rings. The minimum atomic E-state index is 0. The Balaban J connectivity index is 0.00000208. The summed E-state index contributed by atoms with van der Waals surface area (Å²) in [4.78, 5) is 12.1. The van der Waals surface area contributed by atoms with Crippen LogP contribution in [0.15, 0.2) is 24.3 Å². The van der Waals surface area contributed by atoms with Crippen LogP contribution in [-0.2, 0) is 14.9 Å². The third-order valence-corrected chi connectivity index (χ3v) is 5.21. The number of hydrogen-bond acceptors (Lipinski definition) is 3. The van der Waals surface area contributed by atoms with E-state index in [0.29, 0.717) is 13.1 Å². The highest BCUT2D eigenvalue weighted by Gasteiger charge is 2.35. The number of ether oxygens (including phenoxy) is 1. The average Bonchev–Trinajstić information content (AvgIpc) is 3.39. The maximum absolute atomic E-state index is 12.1. The highest BCUT2D eigenvalue weighted by molar-refractivity contribution is 5.85. The fraction of sp³-hybridized carbons (Fsp3) is 0.632. The Morgan fingerprint density at radius 1 is 1.25 bits per heavy atom. The van der Waals surface area contributed by atoms with Crippen LogP contribution in [0.4, 0.5) is 0 Å². The lowest BCUT2D eigenvalue weighted by molar-refractivity contribution is -0.120. The minimum absolute atomic E-state index is 0. The Kier molecular flexibility index (Phi) is 7.08. The smallest absolute Gasteiger partial charge is 0.233 e. The van der Waals surface area contributed by atoms with Crippen molar-refractivity contribution >= 4 is 18.3 Å². The summed E-state index contributed by atoms with van der Waals surface area (Å²) in [6.07, 6.45) is 4.55. The molecule has 1 saturated carbocycles. The highest BCUT2D eigenvalue weighted by atomic mass is 35.5. The van der Waals surface area contributed by atoms with Gasteiger partial charge in [0.05, 0.1) is 6.54 Å². The zero-order valence-electron chi connectivity index (χ0n) is 14.5. The number of benzene rings is 1. The molecular formula is C19H29ClN2O2. The van der Waals surface area contributed by atoms with E-state index in [4.69, 9.17) is 4.74 Å². The molecule has 0 spiro atoms. The molecule has 0 atom stereocenters. The summed E-state index contributed by atoms with van der Waals surface area (Å²) >= 11 is 0. The van der Waals surface area contributed by atoms with E-state index in [9.17, 15) is 4.79 Å². The molecule has 2 fully saturated rings. The van der Waals surface area contributed by atoms with Crippen molar-refractivity contribution in [3.63, 3.8) is 0 Å². The zero-order valence-corrected chi connectivity index (χ0v) is 15.3. The van der Waals surface area contributed by atoms with Crippen molar-refractivity contribution in [2.75, 3.05) is 32.8 Å². The SMILES string of the molecule is Cc1ccccc1C1(CNC(=O)CNCC2CC2)CCOCC1.Cl. The third-order valence-electron chi connectivity index (χ3n) is 5.21. The van der Waals surface area contributed by atoms with E-state index in [1.54, 1.807) is 0 Å². The number of carbonyl (C=O) groups excluding carboxylic acids is 1. The maximum atomic E-state index is 12.1. The molecule has 1 aliphatic carbocycles. The van der Waals surface area contributed by atoms with Gasteiger partial charge in [-0.25, -0.2) is 0 Å². The minimum Gasteiger partial charge on any atom is -0.381 e. The average molecular weight is 353 g/mol. The monoisotopic (exact) mass is 352 g/mol. The van der Waals surface area contributed by atoms with Crippen LogP contribution in [0.3, 0.4) is 0 Å². The van der Waals surface area contributed by atoms with E-state index in [0.717, 1.165) is 38.5 Å². The summed E-state index contributed by atoms with van der Waals surface area (Å²) in [5.74, 6) is 0.904. The van der Waals surface area contributed by atoms with Crippen LogP contribution in [0.25, 0.3) is 0 Å². The normalized spacial score (nSPS) is 19.4. The molecular weight excluding hydrogens is 324 g/mol. The van der Waals surface area contributed by atoms with E-state index < -0.39 is 0 Å². The first-order chi connectivity index (χ1) is 11.2. The van der Waals surface area contributed by atoms with Gasteiger partial charge >= 0.3 is 0 Å². The molecule has 0 aromatic heterocycles. The molecule has 1 heterocycles. The topological polar surface area (TPSA) is 50.4 Å². The van der Waals surface area contributed by atoms with Gasteiger partial charge in [0, 0.05) is 25.2 Å². The van der Waals surface area contributed by atoms with E-state index in [2.05, 4.69) is 41.8 Å². The maximum Gasteiger partial charge on any atom is 0.233 e. The van der Waals surface area contributed by atoms with Crippen molar-refractivity contribution in [2.24, 2.45) is 5.92 Å². The van der Waals surface area contributed by atoms with E-state index in [-0.39, 0.29) is 23.7 Å². The second-order valence-electron chi connectivity index (χ2n) is 7.06. The summed E-state index contributed by atoms with van der Waals surface area (Å²) in [6, 6.07) is 8.54. The van der Waals surface area contributed by atoms with Crippen molar-refractivity contribution < 1.29 is 9.53 Å². The molecule has 0 radical (unpaired) electrons. The highest BCUT2D eigenvalue weighted by Crippen LogP contribution is 2.36. The number of rotatable bonds is 7. The molecule has 1 saturated heterocycles. The Labute approximate surface area is 151 Å². The molecule has 2 N–H and O–H groups in total. The zero-order chi connectivity index (χ0) is 16.1. The van der Waals surface area contributed by atoms with Crippen molar-refractivity contribution in [1.29, 1.82) is 0 Å². The Bertz CT molecular complexity index is 540. The molecule has 1 amide bonds. The number of hydrogen-bond donors (Lipinski definition) is 2. The second kappa shape index (κ2) is 8.84. The first kappa shape index (κ1) is 19.2. The van der Waals surface area contributed by atoms with Gasteiger partial charge in [0.15, 0.2) is 0 Å². The van der Waals surface area contributed by atoms with Crippen molar-refractivity contribution in [1.82, 2.24) is 10.6 Å². The molecule has 3 rings (SSSR count). The van der Waals surface area contributed by atoms with Crippen molar-refractivity contribution in [3.05, 3.63) is 35.4 Å². The predicted molar refractivity (Wildman–Crippen MR) is 98.8 cm³/mol. The Morgan fingerprint density at radius 2 is 1.96 bits per heavy atom. The van der Waals surface area contributed by atoms with Gasteiger partial charge in [0.25, 0.3) is 0 Å². The summed E-state index contributed by atoms with van der Waals surface area (Å²) in [7, 11) is 0. The lowest BCUT2D eigenvalue weighted by Gasteiger charge is -2.39. The molecule has 134 valence electrons. The van der Waals surface area contributed by atoms with Crippen LogP contribution in [0.5, 0.6) is 0 Å². The molecule has 0 unspecified atom stereocenters. The number of nitrogens with one attached hydrogen (secondary N) is 2. The van der Waals surface area contributed by atoms with Crippen LogP contribution in [-0.4, -0.2) is 38.8 Å². The van der Waals surface area contributed by atoms with Gasteiger partial charge in [-0.3, -0.25) is 4.79 Å². The molecule has 5 heteroatoms. The number of carbonyl (C=O) groups is 1. The van der Waals surface area contributed by atoms with Gasteiger partial charge in [0.1, 0.15) is 0 Å². The number of amides is 1. The largest absolute Gasteiger partial charge is 0.381 e. The molecule has 0 bridgehead atoms. The van der Waals surface area contributed by atoms with Crippen LogP contribution in [0.1, 0.15) is 36.8 Å². The van der Waals surface area contributed by atoms with E-state index in [1.165, 1.54) is 24.0 Å². The lowest BCUT2D eigenvalue weighted by Crippen LogP contribution is -2.47. The standard InChI is InChI=1S/C19H28N2O2.ClH/c1-15-4-2-3-5-17(15)19(8-10-23-11-9-19)14-21-18(22)13-20-12-16-6-7-16;/h2-5,16,20H,6-14H2,1H3,(H,21,22);1H. The number of halogens is 1. The van der Waals surface area contributed by atoms with Gasteiger partial charge in [-0.2, -0.15) is 0 Å². The van der Waals surface area contributed by atoms with E-state index in [1.807, 2.05) is 0 Å². The third kappa shape index (κ3) is 4.95. The van der Waals surface area contributed by atoms with Gasteiger partial charge < -0.3 is 15.4 Å². The molecule has 2 aliphatic rings. The lowest BCUT2D eigenvalue weighted by atomic mass is 9.72. The van der Waals surface area contributed by atoms with Crippen LogP contribution in [0.2, 0.25) is 0 Å². The fourth-order valence-electron chi connectivity index (χ4n) is 3.51. The Morgan fingerprint density at radius 3 is 2.62 bits per heavy atom. The predicted octanol–water partition coefficient (Wildman–Crippen LogP) is 2.58. The Hall–Kier alpha value is -1.10. The van der Waals surface area contributed by atoms with Gasteiger partial charge in [-0.15, -0.1) is 12.4 Å². The molecule has 1 aromatic carbocycles. The van der Waals surface area contributed by atoms with Crippen LogP contribution in [0, 0.1) is 12.8 Å². The molecule has 4 nitrogen and oxygen atoms in total.